The molecular weight excluding hydrogens is 256 g/mol. The second kappa shape index (κ2) is 5.36. The number of Topliss-reactive ketones (excluding diaryl/α,β-unsaturated/α-hetero) is 1. The zero-order chi connectivity index (χ0) is 14.9. The second-order valence-corrected chi connectivity index (χ2v) is 4.77. The van der Waals surface area contributed by atoms with Crippen molar-refractivity contribution < 1.29 is 14.3 Å². The molecule has 0 saturated heterocycles. The third kappa shape index (κ3) is 2.39. The van der Waals surface area contributed by atoms with Crippen LogP contribution in [0.15, 0.2) is 35.5 Å². The standard InChI is InChI=1S/C15H18N2O3/c1-9-13(10(2)18)14(16-15(19)17(9)3)11-5-7-12(20-4)8-6-11/h5-8,14H,1-4H3,(H,16,19). The van der Waals surface area contributed by atoms with Gasteiger partial charge < -0.3 is 15.0 Å². The summed E-state index contributed by atoms with van der Waals surface area (Å²) in [6.45, 7) is 3.30. The summed E-state index contributed by atoms with van der Waals surface area (Å²) in [6.07, 6.45) is 0. The Hall–Kier alpha value is -2.30. The van der Waals surface area contributed by atoms with Gasteiger partial charge in [0.05, 0.1) is 13.2 Å². The lowest BCUT2D eigenvalue weighted by molar-refractivity contribution is -0.114. The molecule has 0 radical (unpaired) electrons. The van der Waals surface area contributed by atoms with Crippen molar-refractivity contribution in [1.29, 1.82) is 0 Å². The van der Waals surface area contributed by atoms with E-state index in [1.54, 1.807) is 21.1 Å². The number of allylic oxidation sites excluding steroid dienone is 1. The Balaban J connectivity index is 2.47. The summed E-state index contributed by atoms with van der Waals surface area (Å²) in [5.41, 5.74) is 2.15. The summed E-state index contributed by atoms with van der Waals surface area (Å²) in [6, 6.07) is 6.70. The van der Waals surface area contributed by atoms with Crippen LogP contribution in [0.1, 0.15) is 25.5 Å². The summed E-state index contributed by atoms with van der Waals surface area (Å²) in [4.78, 5) is 25.3. The minimum Gasteiger partial charge on any atom is -0.497 e. The van der Waals surface area contributed by atoms with E-state index < -0.39 is 6.04 Å². The maximum absolute atomic E-state index is 11.9. The van der Waals surface area contributed by atoms with Crippen molar-refractivity contribution in [2.45, 2.75) is 19.9 Å². The normalized spacial score (nSPS) is 18.9. The zero-order valence-corrected chi connectivity index (χ0v) is 12.1. The minimum atomic E-state index is -0.415. The number of benzene rings is 1. The highest BCUT2D eigenvalue weighted by Crippen LogP contribution is 2.30. The summed E-state index contributed by atoms with van der Waals surface area (Å²) in [5.74, 6) is 0.688. The number of ketones is 1. The fourth-order valence-corrected chi connectivity index (χ4v) is 2.34. The van der Waals surface area contributed by atoms with Gasteiger partial charge in [0.15, 0.2) is 5.78 Å². The second-order valence-electron chi connectivity index (χ2n) is 4.77. The molecule has 0 aliphatic carbocycles. The number of nitrogens with one attached hydrogen (secondary N) is 1. The molecule has 1 heterocycles. The van der Waals surface area contributed by atoms with Gasteiger partial charge in [0.25, 0.3) is 0 Å². The molecule has 5 nitrogen and oxygen atoms in total. The first-order chi connectivity index (χ1) is 9.45. The van der Waals surface area contributed by atoms with E-state index in [9.17, 15) is 9.59 Å². The number of methoxy groups -OCH3 is 1. The van der Waals surface area contributed by atoms with Crippen molar-refractivity contribution in [1.82, 2.24) is 10.2 Å². The van der Waals surface area contributed by atoms with Crippen LogP contribution < -0.4 is 10.1 Å². The molecule has 0 bridgehead atoms. The van der Waals surface area contributed by atoms with E-state index in [1.165, 1.54) is 11.8 Å². The van der Waals surface area contributed by atoms with Gasteiger partial charge in [-0.15, -0.1) is 0 Å². The topological polar surface area (TPSA) is 58.6 Å². The highest BCUT2D eigenvalue weighted by Gasteiger charge is 2.32. The average molecular weight is 274 g/mol. The summed E-state index contributed by atoms with van der Waals surface area (Å²) >= 11 is 0. The molecule has 1 unspecified atom stereocenters. The predicted octanol–water partition coefficient (Wildman–Crippen LogP) is 2.25. The van der Waals surface area contributed by atoms with Gasteiger partial charge in [-0.25, -0.2) is 4.79 Å². The number of nitrogens with zero attached hydrogens (tertiary/aromatic N) is 1. The molecule has 0 saturated carbocycles. The van der Waals surface area contributed by atoms with Crippen molar-refractivity contribution in [3.63, 3.8) is 0 Å². The van der Waals surface area contributed by atoms with Crippen LogP contribution in [0.25, 0.3) is 0 Å². The van der Waals surface area contributed by atoms with E-state index in [4.69, 9.17) is 4.74 Å². The van der Waals surface area contributed by atoms with Crippen molar-refractivity contribution in [2.75, 3.05) is 14.2 Å². The molecule has 106 valence electrons. The predicted molar refractivity (Wildman–Crippen MR) is 75.4 cm³/mol. The van der Waals surface area contributed by atoms with E-state index in [0.29, 0.717) is 11.3 Å². The van der Waals surface area contributed by atoms with Crippen LogP contribution in [0, 0.1) is 0 Å². The molecule has 1 aliphatic heterocycles. The Kier molecular flexibility index (Phi) is 3.79. The molecule has 1 aromatic carbocycles. The largest absolute Gasteiger partial charge is 0.497 e. The molecule has 20 heavy (non-hydrogen) atoms. The van der Waals surface area contributed by atoms with Gasteiger partial charge in [-0.2, -0.15) is 0 Å². The lowest BCUT2D eigenvalue weighted by Crippen LogP contribution is -2.45. The van der Waals surface area contributed by atoms with Gasteiger partial charge in [-0.05, 0) is 31.5 Å². The van der Waals surface area contributed by atoms with E-state index in [-0.39, 0.29) is 11.8 Å². The van der Waals surface area contributed by atoms with Crippen LogP contribution in [0.4, 0.5) is 4.79 Å². The maximum Gasteiger partial charge on any atom is 0.322 e. The third-order valence-electron chi connectivity index (χ3n) is 3.58. The van der Waals surface area contributed by atoms with Gasteiger partial charge in [-0.3, -0.25) is 4.79 Å². The summed E-state index contributed by atoms with van der Waals surface area (Å²) < 4.78 is 5.12. The lowest BCUT2D eigenvalue weighted by Gasteiger charge is -2.33. The molecule has 1 aromatic rings. The van der Waals surface area contributed by atoms with E-state index >= 15 is 0 Å². The Morgan fingerprint density at radius 3 is 2.40 bits per heavy atom. The van der Waals surface area contributed by atoms with Crippen LogP contribution in [0.2, 0.25) is 0 Å². The molecule has 1 aliphatic rings. The van der Waals surface area contributed by atoms with E-state index in [0.717, 1.165) is 11.3 Å². The van der Waals surface area contributed by atoms with Crippen molar-refractivity contribution in [3.8, 4) is 5.75 Å². The quantitative estimate of drug-likeness (QED) is 0.919. The van der Waals surface area contributed by atoms with Crippen LogP contribution >= 0.6 is 0 Å². The number of carbonyl (C=O) groups excluding carboxylic acids is 2. The van der Waals surface area contributed by atoms with Crippen LogP contribution in [0.3, 0.4) is 0 Å². The number of carbonyl (C=O) groups is 2. The smallest absolute Gasteiger partial charge is 0.322 e. The summed E-state index contributed by atoms with van der Waals surface area (Å²) in [7, 11) is 3.25. The summed E-state index contributed by atoms with van der Waals surface area (Å²) in [5, 5.41) is 2.85. The third-order valence-corrected chi connectivity index (χ3v) is 3.58. The first-order valence-corrected chi connectivity index (χ1v) is 6.35. The Bertz CT molecular complexity index is 575. The molecule has 0 aromatic heterocycles. The first-order valence-electron chi connectivity index (χ1n) is 6.35. The maximum atomic E-state index is 11.9. The molecular formula is C15H18N2O3. The lowest BCUT2D eigenvalue weighted by atomic mass is 9.92. The molecule has 2 amide bonds. The van der Waals surface area contributed by atoms with Gasteiger partial charge in [0.2, 0.25) is 0 Å². The van der Waals surface area contributed by atoms with E-state index in [2.05, 4.69) is 5.32 Å². The monoisotopic (exact) mass is 274 g/mol. The molecule has 5 heteroatoms. The minimum absolute atomic E-state index is 0.0461. The van der Waals surface area contributed by atoms with Crippen molar-refractivity contribution in [3.05, 3.63) is 41.1 Å². The number of hydrogen-bond donors (Lipinski definition) is 1. The highest BCUT2D eigenvalue weighted by molar-refractivity contribution is 5.98. The number of rotatable bonds is 3. The fraction of sp³-hybridized carbons (Fsp3) is 0.333. The Labute approximate surface area is 118 Å². The number of hydrogen-bond acceptors (Lipinski definition) is 3. The molecule has 0 spiro atoms. The molecule has 1 N–H and O–H groups in total. The van der Waals surface area contributed by atoms with Crippen molar-refractivity contribution >= 4 is 11.8 Å². The van der Waals surface area contributed by atoms with E-state index in [1.807, 2.05) is 24.3 Å². The first kappa shape index (κ1) is 14.1. The Morgan fingerprint density at radius 2 is 1.90 bits per heavy atom. The van der Waals surface area contributed by atoms with Gasteiger partial charge in [0.1, 0.15) is 5.75 Å². The van der Waals surface area contributed by atoms with Crippen LogP contribution in [-0.2, 0) is 4.79 Å². The Morgan fingerprint density at radius 1 is 1.30 bits per heavy atom. The van der Waals surface area contributed by atoms with Crippen LogP contribution in [0.5, 0.6) is 5.75 Å². The molecule has 1 atom stereocenters. The molecule has 2 rings (SSSR count). The average Bonchev–Trinajstić information content (AvgIpc) is 2.44. The zero-order valence-electron chi connectivity index (χ0n) is 12.1. The SMILES string of the molecule is COc1ccc(C2NC(=O)N(C)C(C)=C2C(C)=O)cc1. The molecule has 0 fully saturated rings. The van der Waals surface area contributed by atoms with Crippen molar-refractivity contribution in [2.24, 2.45) is 0 Å². The van der Waals surface area contributed by atoms with Gasteiger partial charge in [0, 0.05) is 18.3 Å². The fourth-order valence-electron chi connectivity index (χ4n) is 2.34. The number of urea groups is 1. The number of ether oxygens (including phenoxy) is 1. The van der Waals surface area contributed by atoms with Gasteiger partial charge >= 0.3 is 6.03 Å². The van der Waals surface area contributed by atoms with Gasteiger partial charge in [-0.1, -0.05) is 12.1 Å². The number of amides is 2. The van der Waals surface area contributed by atoms with Crippen LogP contribution in [-0.4, -0.2) is 30.9 Å². The highest BCUT2D eigenvalue weighted by atomic mass is 16.5.